The molecule has 0 radical (unpaired) electrons. The molecule has 2 aliphatic rings. The third-order valence-corrected chi connectivity index (χ3v) is 4.66. The zero-order valence-corrected chi connectivity index (χ0v) is 8.98. The molecule has 1 atom stereocenters. The summed E-state index contributed by atoms with van der Waals surface area (Å²) < 4.78 is 0. The first kappa shape index (κ1) is 9.38. The molecule has 1 unspecified atom stereocenters. The average Bonchev–Trinajstić information content (AvgIpc) is 2.71. The third-order valence-electron chi connectivity index (χ3n) is 3.04. The molecule has 3 heteroatoms. The second kappa shape index (κ2) is 3.91. The van der Waals surface area contributed by atoms with Gasteiger partial charge in [0.05, 0.1) is 5.25 Å². The minimum atomic E-state index is 0.285. The highest BCUT2D eigenvalue weighted by Gasteiger charge is 2.32. The monoisotopic (exact) mass is 199 g/mol. The van der Waals surface area contributed by atoms with Crippen molar-refractivity contribution in [2.24, 2.45) is 0 Å². The molecule has 0 aromatic carbocycles. The van der Waals surface area contributed by atoms with Crippen molar-refractivity contribution >= 4 is 17.7 Å². The molecule has 13 heavy (non-hydrogen) atoms. The molecule has 0 aromatic rings. The highest BCUT2D eigenvalue weighted by atomic mass is 32.2. The Labute approximate surface area is 84.1 Å². The molecule has 0 spiro atoms. The van der Waals surface area contributed by atoms with Gasteiger partial charge in [0, 0.05) is 18.8 Å². The summed E-state index contributed by atoms with van der Waals surface area (Å²) in [4.78, 5) is 13.5. The molecule has 2 nitrogen and oxygen atoms in total. The zero-order valence-electron chi connectivity index (χ0n) is 8.16. The Bertz CT molecular complexity index is 201. The van der Waals surface area contributed by atoms with Gasteiger partial charge in [0.1, 0.15) is 0 Å². The van der Waals surface area contributed by atoms with Crippen LogP contribution in [0, 0.1) is 0 Å². The molecule has 1 aliphatic carbocycles. The molecule has 0 bridgehead atoms. The van der Waals surface area contributed by atoms with Gasteiger partial charge in [0.25, 0.3) is 0 Å². The molecule has 1 heterocycles. The van der Waals surface area contributed by atoms with Gasteiger partial charge in [-0.15, -0.1) is 11.8 Å². The van der Waals surface area contributed by atoms with E-state index in [0.29, 0.717) is 5.91 Å². The van der Waals surface area contributed by atoms with Gasteiger partial charge in [-0.1, -0.05) is 12.8 Å². The largest absolute Gasteiger partial charge is 0.345 e. The van der Waals surface area contributed by atoms with E-state index >= 15 is 0 Å². The minimum Gasteiger partial charge on any atom is -0.345 e. The Morgan fingerprint density at radius 1 is 1.31 bits per heavy atom. The summed E-state index contributed by atoms with van der Waals surface area (Å²) in [6.45, 7) is 0.962. The quantitative estimate of drug-likeness (QED) is 0.677. The van der Waals surface area contributed by atoms with Gasteiger partial charge in [-0.3, -0.25) is 4.79 Å². The number of hydrogen-bond donors (Lipinski definition) is 0. The lowest BCUT2D eigenvalue weighted by molar-refractivity contribution is -0.126. The first-order chi connectivity index (χ1) is 6.27. The van der Waals surface area contributed by atoms with E-state index in [1.54, 1.807) is 0 Å². The molecule has 1 saturated carbocycles. The number of likely N-dealkylation sites (tertiary alicyclic amines) is 1. The van der Waals surface area contributed by atoms with Crippen molar-refractivity contribution in [3.63, 3.8) is 0 Å². The molecule has 0 N–H and O–H groups in total. The van der Waals surface area contributed by atoms with Crippen LogP contribution in [0.3, 0.4) is 0 Å². The van der Waals surface area contributed by atoms with E-state index in [1.807, 2.05) is 23.7 Å². The number of thioether (sulfide) groups is 1. The Kier molecular flexibility index (Phi) is 2.82. The summed E-state index contributed by atoms with van der Waals surface area (Å²) in [5, 5.41) is 1.06. The smallest absolute Gasteiger partial charge is 0.235 e. The van der Waals surface area contributed by atoms with Gasteiger partial charge in [-0.2, -0.15) is 0 Å². The van der Waals surface area contributed by atoms with Crippen LogP contribution in [0.15, 0.2) is 0 Å². The van der Waals surface area contributed by atoms with Gasteiger partial charge in [-0.25, -0.2) is 0 Å². The minimum absolute atomic E-state index is 0.285. The van der Waals surface area contributed by atoms with Crippen LogP contribution < -0.4 is 0 Å². The van der Waals surface area contributed by atoms with Gasteiger partial charge in [0.15, 0.2) is 0 Å². The third kappa shape index (κ3) is 2.01. The van der Waals surface area contributed by atoms with Gasteiger partial charge >= 0.3 is 0 Å². The topological polar surface area (TPSA) is 20.3 Å². The fourth-order valence-electron chi connectivity index (χ4n) is 2.17. The van der Waals surface area contributed by atoms with Crippen molar-refractivity contribution in [1.82, 2.24) is 4.90 Å². The van der Waals surface area contributed by atoms with E-state index in [9.17, 15) is 4.79 Å². The van der Waals surface area contributed by atoms with Crippen LogP contribution in [-0.2, 0) is 4.79 Å². The Hall–Kier alpha value is -0.180. The standard InChI is InChI=1S/C10H17NOS/c1-11-7-6-9(10(11)12)13-8-4-2-3-5-8/h8-9H,2-7H2,1H3. The summed E-state index contributed by atoms with van der Waals surface area (Å²) >= 11 is 1.94. The molecule has 74 valence electrons. The predicted molar refractivity (Wildman–Crippen MR) is 55.9 cm³/mol. The lowest BCUT2D eigenvalue weighted by atomic mass is 10.3. The number of hydrogen-bond acceptors (Lipinski definition) is 2. The van der Waals surface area contributed by atoms with Crippen molar-refractivity contribution in [3.05, 3.63) is 0 Å². The SMILES string of the molecule is CN1CCC(SC2CCCC2)C1=O. The van der Waals surface area contributed by atoms with Crippen molar-refractivity contribution in [2.45, 2.75) is 42.6 Å². The van der Waals surface area contributed by atoms with Gasteiger partial charge in [0.2, 0.25) is 5.91 Å². The summed E-state index contributed by atoms with van der Waals surface area (Å²) in [5.41, 5.74) is 0. The molecule has 1 saturated heterocycles. The summed E-state index contributed by atoms with van der Waals surface area (Å²) in [6, 6.07) is 0. The van der Waals surface area contributed by atoms with Crippen molar-refractivity contribution in [1.29, 1.82) is 0 Å². The fourth-order valence-corrected chi connectivity index (χ4v) is 3.78. The average molecular weight is 199 g/mol. The lowest BCUT2D eigenvalue weighted by Crippen LogP contribution is -2.24. The maximum Gasteiger partial charge on any atom is 0.235 e. The summed E-state index contributed by atoms with van der Waals surface area (Å²) in [7, 11) is 1.91. The fraction of sp³-hybridized carbons (Fsp3) is 0.900. The van der Waals surface area contributed by atoms with Crippen LogP contribution in [0.4, 0.5) is 0 Å². The highest BCUT2D eigenvalue weighted by Crippen LogP contribution is 2.35. The van der Waals surface area contributed by atoms with Gasteiger partial charge < -0.3 is 4.90 Å². The predicted octanol–water partition coefficient (Wildman–Crippen LogP) is 1.89. The number of rotatable bonds is 2. The van der Waals surface area contributed by atoms with Crippen LogP contribution in [-0.4, -0.2) is 34.9 Å². The number of carbonyl (C=O) groups excluding carboxylic acids is 1. The van der Waals surface area contributed by atoms with Crippen LogP contribution in [0.2, 0.25) is 0 Å². The molecular formula is C10H17NOS. The van der Waals surface area contributed by atoms with E-state index < -0.39 is 0 Å². The van der Waals surface area contributed by atoms with Gasteiger partial charge in [-0.05, 0) is 19.3 Å². The van der Waals surface area contributed by atoms with Crippen LogP contribution >= 0.6 is 11.8 Å². The Morgan fingerprint density at radius 2 is 2.00 bits per heavy atom. The van der Waals surface area contributed by atoms with E-state index in [2.05, 4.69) is 0 Å². The molecule has 1 aliphatic heterocycles. The van der Waals surface area contributed by atoms with E-state index in [-0.39, 0.29) is 5.25 Å². The second-order valence-electron chi connectivity index (χ2n) is 4.08. The molecule has 1 amide bonds. The molecule has 2 fully saturated rings. The van der Waals surface area contributed by atoms with E-state index in [0.717, 1.165) is 18.2 Å². The Morgan fingerprint density at radius 3 is 2.54 bits per heavy atom. The molecular weight excluding hydrogens is 182 g/mol. The zero-order chi connectivity index (χ0) is 9.26. The maximum absolute atomic E-state index is 11.6. The molecule has 0 aromatic heterocycles. The number of nitrogens with zero attached hydrogens (tertiary/aromatic N) is 1. The number of carbonyl (C=O) groups is 1. The number of amides is 1. The van der Waals surface area contributed by atoms with Crippen molar-refractivity contribution in [3.8, 4) is 0 Å². The van der Waals surface area contributed by atoms with Crippen LogP contribution in [0.1, 0.15) is 32.1 Å². The molecule has 2 rings (SSSR count). The van der Waals surface area contributed by atoms with Crippen molar-refractivity contribution in [2.75, 3.05) is 13.6 Å². The Balaban J connectivity index is 1.84. The second-order valence-corrected chi connectivity index (χ2v) is 5.59. The highest BCUT2D eigenvalue weighted by molar-refractivity contribution is 8.01. The van der Waals surface area contributed by atoms with Crippen molar-refractivity contribution < 1.29 is 4.79 Å². The van der Waals surface area contributed by atoms with E-state index in [4.69, 9.17) is 0 Å². The summed E-state index contributed by atoms with van der Waals surface area (Å²) in [6.07, 6.45) is 6.47. The first-order valence-electron chi connectivity index (χ1n) is 5.18. The first-order valence-corrected chi connectivity index (χ1v) is 6.12. The van der Waals surface area contributed by atoms with Crippen LogP contribution in [0.5, 0.6) is 0 Å². The normalized spacial score (nSPS) is 30.4. The summed E-state index contributed by atoms with van der Waals surface area (Å²) in [5.74, 6) is 0.358. The van der Waals surface area contributed by atoms with E-state index in [1.165, 1.54) is 25.7 Å². The van der Waals surface area contributed by atoms with Crippen LogP contribution in [0.25, 0.3) is 0 Å². The maximum atomic E-state index is 11.6. The lowest BCUT2D eigenvalue weighted by Gasteiger charge is -2.14.